The van der Waals surface area contributed by atoms with Crippen LogP contribution in [0.3, 0.4) is 0 Å². The lowest BCUT2D eigenvalue weighted by Gasteiger charge is -2.22. The second kappa shape index (κ2) is 7.78. The van der Waals surface area contributed by atoms with Gasteiger partial charge in [0, 0.05) is 6.54 Å². The van der Waals surface area contributed by atoms with Crippen molar-refractivity contribution in [1.29, 1.82) is 0 Å². The first-order valence-electron chi connectivity index (χ1n) is 6.51. The highest BCUT2D eigenvalue weighted by molar-refractivity contribution is 5.74. The second-order valence-corrected chi connectivity index (χ2v) is 4.55. The standard InChI is InChI=1S/C13H22N2O4/c1-3-4-8-18-10(2)12(16)19-9-11-6-5-7-15(11)13(14)17/h3,10-11H,1,4-9H2,2H3,(H2,14,17). The fourth-order valence-electron chi connectivity index (χ4n) is 1.99. The average molecular weight is 270 g/mol. The highest BCUT2D eigenvalue weighted by Gasteiger charge is 2.28. The molecule has 2 N–H and O–H groups in total. The van der Waals surface area contributed by atoms with E-state index < -0.39 is 18.1 Å². The van der Waals surface area contributed by atoms with Crippen molar-refractivity contribution in [3.05, 3.63) is 12.7 Å². The first-order valence-corrected chi connectivity index (χ1v) is 6.51. The molecule has 2 amide bonds. The van der Waals surface area contributed by atoms with Gasteiger partial charge in [0.2, 0.25) is 0 Å². The van der Waals surface area contributed by atoms with Crippen molar-refractivity contribution >= 4 is 12.0 Å². The zero-order chi connectivity index (χ0) is 14.3. The summed E-state index contributed by atoms with van der Waals surface area (Å²) in [6.45, 7) is 6.46. The van der Waals surface area contributed by atoms with Gasteiger partial charge in [-0.1, -0.05) is 6.08 Å². The summed E-state index contributed by atoms with van der Waals surface area (Å²) in [7, 11) is 0. The molecule has 6 heteroatoms. The van der Waals surface area contributed by atoms with Crippen LogP contribution >= 0.6 is 0 Å². The van der Waals surface area contributed by atoms with E-state index in [9.17, 15) is 9.59 Å². The number of carbonyl (C=O) groups excluding carboxylic acids is 2. The second-order valence-electron chi connectivity index (χ2n) is 4.55. The third-order valence-corrected chi connectivity index (χ3v) is 3.10. The Morgan fingerprint density at radius 3 is 2.95 bits per heavy atom. The summed E-state index contributed by atoms with van der Waals surface area (Å²) in [4.78, 5) is 24.3. The van der Waals surface area contributed by atoms with E-state index in [-0.39, 0.29) is 12.6 Å². The predicted octanol–water partition coefficient (Wildman–Crippen LogP) is 1.05. The van der Waals surface area contributed by atoms with Gasteiger partial charge in [-0.2, -0.15) is 0 Å². The van der Waals surface area contributed by atoms with Gasteiger partial charge in [-0.15, -0.1) is 6.58 Å². The van der Waals surface area contributed by atoms with Crippen LogP contribution in [0.1, 0.15) is 26.2 Å². The van der Waals surface area contributed by atoms with Gasteiger partial charge < -0.3 is 20.1 Å². The molecule has 1 rings (SSSR count). The molecule has 0 aromatic heterocycles. The average Bonchev–Trinajstić information content (AvgIpc) is 2.84. The first kappa shape index (κ1) is 15.5. The number of hydrogen-bond donors (Lipinski definition) is 1. The van der Waals surface area contributed by atoms with Crippen LogP contribution in [0.15, 0.2) is 12.7 Å². The zero-order valence-corrected chi connectivity index (χ0v) is 11.3. The molecule has 0 aliphatic carbocycles. The van der Waals surface area contributed by atoms with Crippen LogP contribution in [-0.2, 0) is 14.3 Å². The van der Waals surface area contributed by atoms with Crippen LogP contribution in [0.2, 0.25) is 0 Å². The van der Waals surface area contributed by atoms with E-state index in [0.717, 1.165) is 12.8 Å². The summed E-state index contributed by atoms with van der Waals surface area (Å²) in [6, 6.07) is -0.573. The van der Waals surface area contributed by atoms with Gasteiger partial charge in [0.15, 0.2) is 6.10 Å². The van der Waals surface area contributed by atoms with E-state index in [1.807, 2.05) is 0 Å². The summed E-state index contributed by atoms with van der Waals surface area (Å²) in [5, 5.41) is 0. The normalized spacial score (nSPS) is 20.1. The highest BCUT2D eigenvalue weighted by Crippen LogP contribution is 2.17. The van der Waals surface area contributed by atoms with E-state index in [2.05, 4.69) is 6.58 Å². The molecule has 1 aliphatic rings. The molecule has 0 saturated carbocycles. The van der Waals surface area contributed by atoms with Crippen LogP contribution in [0.4, 0.5) is 4.79 Å². The molecule has 19 heavy (non-hydrogen) atoms. The fraction of sp³-hybridized carbons (Fsp3) is 0.692. The van der Waals surface area contributed by atoms with Crippen molar-refractivity contribution in [1.82, 2.24) is 4.90 Å². The van der Waals surface area contributed by atoms with Crippen LogP contribution in [-0.4, -0.2) is 48.8 Å². The van der Waals surface area contributed by atoms with E-state index in [1.165, 1.54) is 4.90 Å². The van der Waals surface area contributed by atoms with Crippen molar-refractivity contribution < 1.29 is 19.1 Å². The molecule has 6 nitrogen and oxygen atoms in total. The number of likely N-dealkylation sites (tertiary alicyclic amines) is 1. The van der Waals surface area contributed by atoms with Crippen molar-refractivity contribution in [3.63, 3.8) is 0 Å². The number of amides is 2. The Morgan fingerprint density at radius 2 is 2.32 bits per heavy atom. The van der Waals surface area contributed by atoms with Crippen LogP contribution < -0.4 is 5.73 Å². The number of primary amides is 1. The van der Waals surface area contributed by atoms with Crippen molar-refractivity contribution in [2.24, 2.45) is 5.73 Å². The molecule has 1 saturated heterocycles. The van der Waals surface area contributed by atoms with Gasteiger partial charge in [0.05, 0.1) is 12.6 Å². The van der Waals surface area contributed by atoms with Crippen molar-refractivity contribution in [2.45, 2.75) is 38.3 Å². The number of urea groups is 1. The van der Waals surface area contributed by atoms with Crippen LogP contribution in [0.5, 0.6) is 0 Å². The van der Waals surface area contributed by atoms with Gasteiger partial charge >= 0.3 is 12.0 Å². The predicted molar refractivity (Wildman–Crippen MR) is 70.5 cm³/mol. The number of hydrogen-bond acceptors (Lipinski definition) is 4. The third kappa shape index (κ3) is 4.90. The molecular formula is C13H22N2O4. The lowest BCUT2D eigenvalue weighted by atomic mass is 10.2. The molecule has 1 fully saturated rings. The Balaban J connectivity index is 2.29. The molecule has 0 radical (unpaired) electrons. The summed E-state index contributed by atoms with van der Waals surface area (Å²) < 4.78 is 10.4. The number of nitrogens with zero attached hydrogens (tertiary/aromatic N) is 1. The van der Waals surface area contributed by atoms with Gasteiger partial charge in [-0.05, 0) is 26.2 Å². The SMILES string of the molecule is C=CCCOC(C)C(=O)OCC1CCCN1C(N)=O. The van der Waals surface area contributed by atoms with Gasteiger partial charge in [0.25, 0.3) is 0 Å². The maximum Gasteiger partial charge on any atom is 0.335 e. The summed E-state index contributed by atoms with van der Waals surface area (Å²) in [5.74, 6) is -0.416. The van der Waals surface area contributed by atoms with E-state index in [1.54, 1.807) is 13.0 Å². The van der Waals surface area contributed by atoms with Crippen LogP contribution in [0, 0.1) is 0 Å². The van der Waals surface area contributed by atoms with Crippen molar-refractivity contribution in [3.8, 4) is 0 Å². The van der Waals surface area contributed by atoms with Crippen molar-refractivity contribution in [2.75, 3.05) is 19.8 Å². The molecule has 2 atom stereocenters. The topological polar surface area (TPSA) is 81.9 Å². The number of rotatable bonds is 7. The lowest BCUT2D eigenvalue weighted by molar-refractivity contribution is -0.157. The number of ether oxygens (including phenoxy) is 2. The van der Waals surface area contributed by atoms with Gasteiger partial charge in [0.1, 0.15) is 6.61 Å². The number of carbonyl (C=O) groups is 2. The smallest absolute Gasteiger partial charge is 0.335 e. The Kier molecular flexibility index (Phi) is 6.35. The molecule has 0 aromatic rings. The summed E-state index contributed by atoms with van der Waals surface area (Å²) >= 11 is 0. The van der Waals surface area contributed by atoms with E-state index in [0.29, 0.717) is 19.6 Å². The lowest BCUT2D eigenvalue weighted by Crippen LogP contribution is -2.42. The maximum absolute atomic E-state index is 11.7. The number of nitrogens with two attached hydrogens (primary N) is 1. The molecular weight excluding hydrogens is 248 g/mol. The number of esters is 1. The molecule has 108 valence electrons. The minimum Gasteiger partial charge on any atom is -0.462 e. The Bertz CT molecular complexity index is 333. The maximum atomic E-state index is 11.7. The Labute approximate surface area is 113 Å². The fourth-order valence-corrected chi connectivity index (χ4v) is 1.99. The van der Waals surface area contributed by atoms with Gasteiger partial charge in [-0.3, -0.25) is 0 Å². The van der Waals surface area contributed by atoms with E-state index >= 15 is 0 Å². The quantitative estimate of drug-likeness (QED) is 0.426. The minimum atomic E-state index is -0.608. The van der Waals surface area contributed by atoms with Gasteiger partial charge in [-0.25, -0.2) is 9.59 Å². The summed E-state index contributed by atoms with van der Waals surface area (Å²) in [5.41, 5.74) is 5.25. The first-order chi connectivity index (χ1) is 9.06. The highest BCUT2D eigenvalue weighted by atomic mass is 16.6. The molecule has 2 unspecified atom stereocenters. The molecule has 0 bridgehead atoms. The largest absolute Gasteiger partial charge is 0.462 e. The minimum absolute atomic E-state index is 0.109. The van der Waals surface area contributed by atoms with Crippen LogP contribution in [0.25, 0.3) is 0 Å². The third-order valence-electron chi connectivity index (χ3n) is 3.10. The molecule has 0 aromatic carbocycles. The monoisotopic (exact) mass is 270 g/mol. The molecule has 1 heterocycles. The Morgan fingerprint density at radius 1 is 1.58 bits per heavy atom. The molecule has 0 spiro atoms. The van der Waals surface area contributed by atoms with E-state index in [4.69, 9.17) is 15.2 Å². The molecule has 1 aliphatic heterocycles. The zero-order valence-electron chi connectivity index (χ0n) is 11.3. The Hall–Kier alpha value is -1.56. The summed E-state index contributed by atoms with van der Waals surface area (Å²) in [6.07, 6.45) is 3.50.